The topological polar surface area (TPSA) is 70.5 Å². The molecule has 5 heteroatoms. The van der Waals surface area contributed by atoms with Crippen LogP contribution in [0, 0.1) is 6.92 Å². The van der Waals surface area contributed by atoms with Gasteiger partial charge < -0.3 is 10.0 Å². The highest BCUT2D eigenvalue weighted by Gasteiger charge is 2.20. The zero-order valence-electron chi connectivity index (χ0n) is 10.3. The van der Waals surface area contributed by atoms with Gasteiger partial charge in [0.25, 0.3) is 5.91 Å². The first-order valence-corrected chi connectivity index (χ1v) is 6.09. The van der Waals surface area contributed by atoms with Gasteiger partial charge >= 0.3 is 5.97 Å². The van der Waals surface area contributed by atoms with E-state index in [4.69, 9.17) is 5.11 Å². The lowest BCUT2D eigenvalue weighted by molar-refractivity contribution is 0.0688. The Bertz CT molecular complexity index is 479. The monoisotopic (exact) mass is 248 g/mol. The van der Waals surface area contributed by atoms with Crippen LogP contribution in [0.3, 0.4) is 0 Å². The van der Waals surface area contributed by atoms with Crippen LogP contribution in [-0.2, 0) is 0 Å². The number of amides is 1. The van der Waals surface area contributed by atoms with E-state index in [2.05, 4.69) is 4.98 Å². The van der Waals surface area contributed by atoms with Gasteiger partial charge in [-0.05, 0) is 43.9 Å². The van der Waals surface area contributed by atoms with Crippen LogP contribution in [0.25, 0.3) is 0 Å². The summed E-state index contributed by atoms with van der Waals surface area (Å²) < 4.78 is 0. The molecule has 0 spiro atoms. The Balaban J connectivity index is 2.26. The van der Waals surface area contributed by atoms with Gasteiger partial charge in [0.1, 0.15) is 11.4 Å². The van der Waals surface area contributed by atoms with Crippen LogP contribution in [0.5, 0.6) is 0 Å². The number of carbonyl (C=O) groups excluding carboxylic acids is 1. The average Bonchev–Trinajstić information content (AvgIpc) is 2.38. The molecule has 0 unspecified atom stereocenters. The third-order valence-corrected chi connectivity index (χ3v) is 3.05. The fraction of sp³-hybridized carbons (Fsp3) is 0.462. The Kier molecular flexibility index (Phi) is 3.60. The fourth-order valence-corrected chi connectivity index (χ4v) is 2.15. The Morgan fingerprint density at radius 3 is 2.39 bits per heavy atom. The lowest BCUT2D eigenvalue weighted by Gasteiger charge is -2.26. The van der Waals surface area contributed by atoms with E-state index in [1.54, 1.807) is 17.9 Å². The molecule has 1 saturated heterocycles. The largest absolute Gasteiger partial charge is 0.477 e. The third-order valence-electron chi connectivity index (χ3n) is 3.05. The summed E-state index contributed by atoms with van der Waals surface area (Å²) >= 11 is 0. The number of hydrogen-bond acceptors (Lipinski definition) is 3. The Morgan fingerprint density at radius 1 is 1.17 bits per heavy atom. The number of aromatic nitrogens is 1. The first-order chi connectivity index (χ1) is 8.58. The molecule has 1 aliphatic rings. The van der Waals surface area contributed by atoms with E-state index < -0.39 is 5.97 Å². The Morgan fingerprint density at radius 2 is 1.78 bits per heavy atom. The summed E-state index contributed by atoms with van der Waals surface area (Å²) in [6.45, 7) is 3.23. The average molecular weight is 248 g/mol. The van der Waals surface area contributed by atoms with Crippen molar-refractivity contribution in [1.29, 1.82) is 0 Å². The molecule has 2 rings (SSSR count). The molecule has 1 N–H and O–H groups in total. The minimum Gasteiger partial charge on any atom is -0.477 e. The number of hydrogen-bond donors (Lipinski definition) is 1. The fourth-order valence-electron chi connectivity index (χ4n) is 2.15. The van der Waals surface area contributed by atoms with E-state index in [1.807, 2.05) is 0 Å². The number of piperidine rings is 1. The maximum Gasteiger partial charge on any atom is 0.354 e. The lowest BCUT2D eigenvalue weighted by atomic mass is 10.1. The van der Waals surface area contributed by atoms with Crippen LogP contribution < -0.4 is 0 Å². The summed E-state index contributed by atoms with van der Waals surface area (Å²) in [4.78, 5) is 28.8. The molecule has 1 aliphatic heterocycles. The van der Waals surface area contributed by atoms with Gasteiger partial charge in [0.05, 0.1) is 0 Å². The van der Waals surface area contributed by atoms with E-state index >= 15 is 0 Å². The summed E-state index contributed by atoms with van der Waals surface area (Å²) in [6, 6.07) is 3.11. The molecular formula is C13H16N2O3. The molecule has 1 amide bonds. The molecule has 5 nitrogen and oxygen atoms in total. The second-order valence-corrected chi connectivity index (χ2v) is 4.57. The van der Waals surface area contributed by atoms with Crippen molar-refractivity contribution < 1.29 is 14.7 Å². The smallest absolute Gasteiger partial charge is 0.354 e. The zero-order valence-corrected chi connectivity index (χ0v) is 10.3. The second-order valence-electron chi connectivity index (χ2n) is 4.57. The molecule has 0 bridgehead atoms. The maximum absolute atomic E-state index is 12.2. The van der Waals surface area contributed by atoms with Gasteiger partial charge in [-0.1, -0.05) is 0 Å². The summed E-state index contributed by atoms with van der Waals surface area (Å²) in [5.41, 5.74) is 0.896. The molecule has 1 fully saturated rings. The number of carboxylic acid groups (broad SMARTS) is 1. The SMILES string of the molecule is Cc1cc(C(=O)O)nc(C(=O)N2CCCCC2)c1. The van der Waals surface area contributed by atoms with E-state index in [-0.39, 0.29) is 17.3 Å². The molecule has 0 aliphatic carbocycles. The first-order valence-electron chi connectivity index (χ1n) is 6.09. The second kappa shape index (κ2) is 5.16. The van der Waals surface area contributed by atoms with Gasteiger partial charge in [0.15, 0.2) is 0 Å². The normalized spacial score (nSPS) is 15.5. The highest BCUT2D eigenvalue weighted by molar-refractivity contribution is 5.94. The van der Waals surface area contributed by atoms with Crippen molar-refractivity contribution in [3.63, 3.8) is 0 Å². The van der Waals surface area contributed by atoms with Crippen LogP contribution in [0.2, 0.25) is 0 Å². The predicted octanol–water partition coefficient (Wildman–Crippen LogP) is 1.71. The first kappa shape index (κ1) is 12.5. The Labute approximate surface area is 105 Å². The predicted molar refractivity (Wildman–Crippen MR) is 65.7 cm³/mol. The summed E-state index contributed by atoms with van der Waals surface area (Å²) in [6.07, 6.45) is 3.15. The summed E-state index contributed by atoms with van der Waals surface area (Å²) in [7, 11) is 0. The standard InChI is InChI=1S/C13H16N2O3/c1-9-7-10(14-11(8-9)13(17)18)12(16)15-5-3-2-4-6-15/h7-8H,2-6H2,1H3,(H,17,18). The van der Waals surface area contributed by atoms with E-state index in [9.17, 15) is 9.59 Å². The number of pyridine rings is 1. The zero-order chi connectivity index (χ0) is 13.1. The molecule has 0 radical (unpaired) electrons. The van der Waals surface area contributed by atoms with E-state index in [0.717, 1.165) is 37.9 Å². The highest BCUT2D eigenvalue weighted by atomic mass is 16.4. The Hall–Kier alpha value is -1.91. The number of nitrogens with zero attached hydrogens (tertiary/aromatic N) is 2. The maximum atomic E-state index is 12.2. The van der Waals surface area contributed by atoms with Gasteiger partial charge in [-0.2, -0.15) is 0 Å². The molecular weight excluding hydrogens is 232 g/mol. The van der Waals surface area contributed by atoms with Crippen molar-refractivity contribution >= 4 is 11.9 Å². The third kappa shape index (κ3) is 2.67. The molecule has 1 aromatic rings. The van der Waals surface area contributed by atoms with Crippen LogP contribution in [-0.4, -0.2) is 40.0 Å². The van der Waals surface area contributed by atoms with Crippen molar-refractivity contribution in [2.24, 2.45) is 0 Å². The van der Waals surface area contributed by atoms with Crippen LogP contribution in [0.4, 0.5) is 0 Å². The van der Waals surface area contributed by atoms with Crippen molar-refractivity contribution in [2.75, 3.05) is 13.1 Å². The number of aryl methyl sites for hydroxylation is 1. The molecule has 0 saturated carbocycles. The minimum atomic E-state index is -1.11. The van der Waals surface area contributed by atoms with Crippen LogP contribution >= 0.6 is 0 Å². The van der Waals surface area contributed by atoms with Crippen molar-refractivity contribution in [3.8, 4) is 0 Å². The van der Waals surface area contributed by atoms with Crippen molar-refractivity contribution in [1.82, 2.24) is 9.88 Å². The number of rotatable bonds is 2. The molecule has 18 heavy (non-hydrogen) atoms. The minimum absolute atomic E-state index is 0.0737. The summed E-state index contributed by atoms with van der Waals surface area (Å²) in [5, 5.41) is 8.94. The van der Waals surface area contributed by atoms with Crippen LogP contribution in [0.15, 0.2) is 12.1 Å². The van der Waals surface area contributed by atoms with Crippen molar-refractivity contribution in [2.45, 2.75) is 26.2 Å². The molecule has 1 aromatic heterocycles. The molecule has 0 atom stereocenters. The van der Waals surface area contributed by atoms with E-state index in [0.29, 0.717) is 0 Å². The van der Waals surface area contributed by atoms with E-state index in [1.165, 1.54) is 6.07 Å². The van der Waals surface area contributed by atoms with Gasteiger partial charge in [0.2, 0.25) is 0 Å². The summed E-state index contributed by atoms with van der Waals surface area (Å²) in [5.74, 6) is -1.27. The molecule has 96 valence electrons. The van der Waals surface area contributed by atoms with Crippen molar-refractivity contribution in [3.05, 3.63) is 29.1 Å². The molecule has 2 heterocycles. The van der Waals surface area contributed by atoms with Gasteiger partial charge in [-0.25, -0.2) is 9.78 Å². The van der Waals surface area contributed by atoms with Gasteiger partial charge in [-0.3, -0.25) is 4.79 Å². The van der Waals surface area contributed by atoms with Gasteiger partial charge in [-0.15, -0.1) is 0 Å². The number of carboxylic acids is 1. The van der Waals surface area contributed by atoms with Gasteiger partial charge in [0, 0.05) is 13.1 Å². The number of aromatic carboxylic acids is 1. The quantitative estimate of drug-likeness (QED) is 0.865. The van der Waals surface area contributed by atoms with Crippen LogP contribution in [0.1, 0.15) is 45.8 Å². The lowest BCUT2D eigenvalue weighted by Crippen LogP contribution is -2.36. The number of carbonyl (C=O) groups is 2. The number of likely N-dealkylation sites (tertiary alicyclic amines) is 1. The molecule has 0 aromatic carbocycles. The highest BCUT2D eigenvalue weighted by Crippen LogP contribution is 2.13.